The maximum absolute atomic E-state index is 13.1. The number of nitrogens with zero attached hydrogens (tertiary/aromatic N) is 2. The number of piperidine rings is 1. The summed E-state index contributed by atoms with van der Waals surface area (Å²) in [6.45, 7) is 2.19. The highest BCUT2D eigenvalue weighted by atomic mass is 35.5. The third-order valence-corrected chi connectivity index (χ3v) is 7.36. The van der Waals surface area contributed by atoms with Crippen LogP contribution in [0.25, 0.3) is 0 Å². The molecule has 168 valence electrons. The van der Waals surface area contributed by atoms with Crippen LogP contribution in [0.5, 0.6) is 0 Å². The Balaban J connectivity index is 1.68. The molecule has 0 aliphatic carbocycles. The largest absolute Gasteiger partial charge is 0.452 e. The fraction of sp³-hybridized carbons (Fsp3) is 0.318. The highest BCUT2D eigenvalue weighted by molar-refractivity contribution is 7.89. The zero-order valence-corrected chi connectivity index (χ0v) is 18.9. The molecule has 1 atom stereocenters. The van der Waals surface area contributed by atoms with Gasteiger partial charge in [-0.05, 0) is 55.2 Å². The molecule has 1 N–H and O–H groups in total. The molecular formula is C22H22ClN3O5S. The first-order chi connectivity index (χ1) is 15.2. The highest BCUT2D eigenvalue weighted by Crippen LogP contribution is 2.29. The van der Waals surface area contributed by atoms with Crippen LogP contribution in [0, 0.1) is 17.2 Å². The van der Waals surface area contributed by atoms with Gasteiger partial charge in [-0.15, -0.1) is 0 Å². The van der Waals surface area contributed by atoms with Gasteiger partial charge in [0.25, 0.3) is 5.91 Å². The Bertz CT molecular complexity index is 1180. The lowest BCUT2D eigenvalue weighted by molar-refractivity contribution is -0.119. The molecule has 1 aliphatic rings. The Morgan fingerprint density at radius 1 is 1.28 bits per heavy atom. The van der Waals surface area contributed by atoms with Gasteiger partial charge in [-0.1, -0.05) is 24.6 Å². The molecule has 32 heavy (non-hydrogen) atoms. The minimum Gasteiger partial charge on any atom is -0.452 e. The maximum atomic E-state index is 13.1. The van der Waals surface area contributed by atoms with E-state index in [0.29, 0.717) is 24.3 Å². The number of carbonyl (C=O) groups excluding carboxylic acids is 2. The number of hydrogen-bond donors (Lipinski definition) is 1. The zero-order valence-electron chi connectivity index (χ0n) is 17.4. The number of rotatable bonds is 6. The lowest BCUT2D eigenvalue weighted by Crippen LogP contribution is -2.39. The van der Waals surface area contributed by atoms with E-state index in [0.717, 1.165) is 12.8 Å². The van der Waals surface area contributed by atoms with E-state index in [1.165, 1.54) is 28.6 Å². The average Bonchev–Trinajstić information content (AvgIpc) is 2.77. The second kappa shape index (κ2) is 10.1. The summed E-state index contributed by atoms with van der Waals surface area (Å²) in [7, 11) is -3.87. The molecule has 0 saturated carbocycles. The number of hydrogen-bond acceptors (Lipinski definition) is 6. The minimum atomic E-state index is -3.87. The SMILES string of the molecule is CC1CCCN(S(=O)(=O)c2cc(C(=O)OCC(=O)Nc3cccc(C#N)c3)ccc2Cl)C1. The van der Waals surface area contributed by atoms with Crippen LogP contribution in [0.3, 0.4) is 0 Å². The number of ether oxygens (including phenoxy) is 1. The normalized spacial score (nSPS) is 16.7. The van der Waals surface area contributed by atoms with E-state index < -0.39 is 28.5 Å². The molecule has 10 heteroatoms. The van der Waals surface area contributed by atoms with Crippen LogP contribution in [-0.4, -0.2) is 44.3 Å². The number of nitrogens with one attached hydrogen (secondary N) is 1. The molecule has 1 amide bonds. The highest BCUT2D eigenvalue weighted by Gasteiger charge is 2.31. The van der Waals surface area contributed by atoms with Crippen LogP contribution >= 0.6 is 11.6 Å². The molecule has 1 saturated heterocycles. The number of anilines is 1. The zero-order chi connectivity index (χ0) is 23.3. The molecule has 8 nitrogen and oxygen atoms in total. The van der Waals surface area contributed by atoms with Crippen LogP contribution < -0.4 is 5.32 Å². The van der Waals surface area contributed by atoms with Gasteiger partial charge in [0.2, 0.25) is 10.0 Å². The molecular weight excluding hydrogens is 454 g/mol. The molecule has 0 bridgehead atoms. The van der Waals surface area contributed by atoms with E-state index in [2.05, 4.69) is 5.32 Å². The van der Waals surface area contributed by atoms with Crippen molar-refractivity contribution in [3.8, 4) is 6.07 Å². The minimum absolute atomic E-state index is 0.00916. The standard InChI is InChI=1S/C22H22ClN3O5S/c1-15-4-3-9-26(13-15)32(29,30)20-11-17(7-8-19(20)23)22(28)31-14-21(27)25-18-6-2-5-16(10-18)12-24/h2,5-8,10-11,15H,3-4,9,13-14H2,1H3,(H,25,27). The summed E-state index contributed by atoms with van der Waals surface area (Å²) in [4.78, 5) is 24.3. The third-order valence-electron chi connectivity index (χ3n) is 5.01. The molecule has 1 fully saturated rings. The number of esters is 1. The summed E-state index contributed by atoms with van der Waals surface area (Å²) in [6, 6.07) is 12.1. The van der Waals surface area contributed by atoms with Crippen molar-refractivity contribution in [1.82, 2.24) is 4.31 Å². The van der Waals surface area contributed by atoms with Gasteiger partial charge < -0.3 is 10.1 Å². The van der Waals surface area contributed by atoms with Crippen LogP contribution in [0.4, 0.5) is 5.69 Å². The number of halogens is 1. The molecule has 0 radical (unpaired) electrons. The van der Waals surface area contributed by atoms with Crippen LogP contribution in [0.1, 0.15) is 35.7 Å². The van der Waals surface area contributed by atoms with E-state index in [-0.39, 0.29) is 21.4 Å². The quantitative estimate of drug-likeness (QED) is 0.640. The van der Waals surface area contributed by atoms with E-state index >= 15 is 0 Å². The molecule has 2 aromatic rings. The Hall–Kier alpha value is -2.93. The summed E-state index contributed by atoms with van der Waals surface area (Å²) in [5, 5.41) is 11.4. The molecule has 3 rings (SSSR count). The Kier molecular flexibility index (Phi) is 7.51. The van der Waals surface area contributed by atoms with Crippen LogP contribution in [-0.2, 0) is 19.6 Å². The van der Waals surface area contributed by atoms with Crippen LogP contribution in [0.15, 0.2) is 47.4 Å². The summed E-state index contributed by atoms with van der Waals surface area (Å²) < 4.78 is 32.5. The molecule has 0 spiro atoms. The first-order valence-electron chi connectivity index (χ1n) is 9.97. The van der Waals surface area contributed by atoms with Crippen LogP contribution in [0.2, 0.25) is 5.02 Å². The molecule has 0 aromatic heterocycles. The third kappa shape index (κ3) is 5.65. The molecule has 1 heterocycles. The van der Waals surface area contributed by atoms with Gasteiger partial charge in [0.15, 0.2) is 6.61 Å². The van der Waals surface area contributed by atoms with E-state index in [1.54, 1.807) is 18.2 Å². The number of benzene rings is 2. The van der Waals surface area contributed by atoms with E-state index in [9.17, 15) is 18.0 Å². The van der Waals surface area contributed by atoms with E-state index in [4.69, 9.17) is 21.6 Å². The lowest BCUT2D eigenvalue weighted by Gasteiger charge is -2.30. The first kappa shape index (κ1) is 23.7. The van der Waals surface area contributed by atoms with Crippen molar-refractivity contribution >= 4 is 39.2 Å². The lowest BCUT2D eigenvalue weighted by atomic mass is 10.0. The van der Waals surface area contributed by atoms with Gasteiger partial charge in [-0.3, -0.25) is 4.79 Å². The van der Waals surface area contributed by atoms with Crippen molar-refractivity contribution < 1.29 is 22.7 Å². The van der Waals surface area contributed by atoms with Crippen molar-refractivity contribution in [2.24, 2.45) is 5.92 Å². The summed E-state index contributed by atoms with van der Waals surface area (Å²) >= 11 is 6.14. The second-order valence-electron chi connectivity index (χ2n) is 7.57. The smallest absolute Gasteiger partial charge is 0.338 e. The van der Waals surface area contributed by atoms with Crippen molar-refractivity contribution in [3.63, 3.8) is 0 Å². The monoisotopic (exact) mass is 475 g/mol. The predicted octanol–water partition coefficient (Wildman–Crippen LogP) is 3.43. The fourth-order valence-corrected chi connectivity index (χ4v) is 5.51. The summed E-state index contributed by atoms with van der Waals surface area (Å²) in [6.07, 6.45) is 1.71. The van der Waals surface area contributed by atoms with Crippen molar-refractivity contribution in [2.45, 2.75) is 24.7 Å². The van der Waals surface area contributed by atoms with Gasteiger partial charge in [0.05, 0.1) is 22.2 Å². The van der Waals surface area contributed by atoms with Gasteiger partial charge >= 0.3 is 5.97 Å². The van der Waals surface area contributed by atoms with Crippen molar-refractivity contribution in [2.75, 3.05) is 25.0 Å². The predicted molar refractivity (Wildman–Crippen MR) is 119 cm³/mol. The topological polar surface area (TPSA) is 117 Å². The number of nitriles is 1. The first-order valence-corrected chi connectivity index (χ1v) is 11.8. The summed E-state index contributed by atoms with van der Waals surface area (Å²) in [5.41, 5.74) is 0.732. The molecule has 1 unspecified atom stereocenters. The Morgan fingerprint density at radius 3 is 2.78 bits per heavy atom. The summed E-state index contributed by atoms with van der Waals surface area (Å²) in [5.74, 6) is -1.22. The fourth-order valence-electron chi connectivity index (χ4n) is 3.41. The average molecular weight is 476 g/mol. The van der Waals surface area contributed by atoms with Gasteiger partial charge in [0, 0.05) is 18.8 Å². The van der Waals surface area contributed by atoms with Crippen molar-refractivity contribution in [3.05, 3.63) is 58.6 Å². The Labute approximate surface area is 191 Å². The molecule has 1 aliphatic heterocycles. The van der Waals surface area contributed by atoms with Gasteiger partial charge in [-0.2, -0.15) is 9.57 Å². The Morgan fingerprint density at radius 2 is 2.06 bits per heavy atom. The van der Waals surface area contributed by atoms with Gasteiger partial charge in [0.1, 0.15) is 4.90 Å². The second-order valence-corrected chi connectivity index (χ2v) is 9.89. The van der Waals surface area contributed by atoms with Crippen molar-refractivity contribution in [1.29, 1.82) is 5.26 Å². The molecule has 2 aromatic carbocycles. The maximum Gasteiger partial charge on any atom is 0.338 e. The number of amides is 1. The number of sulfonamides is 1. The number of carbonyl (C=O) groups is 2. The van der Waals surface area contributed by atoms with E-state index in [1.807, 2.05) is 13.0 Å². The van der Waals surface area contributed by atoms with Gasteiger partial charge in [-0.25, -0.2) is 13.2 Å².